The van der Waals surface area contributed by atoms with Gasteiger partial charge in [0.2, 0.25) is 5.69 Å². The second kappa shape index (κ2) is 7.99. The molecule has 1 aliphatic rings. The summed E-state index contributed by atoms with van der Waals surface area (Å²) in [7, 11) is 0. The van der Waals surface area contributed by atoms with Gasteiger partial charge < -0.3 is 0 Å². The summed E-state index contributed by atoms with van der Waals surface area (Å²) in [4.78, 5) is 0. The monoisotopic (exact) mass is 432 g/mol. The van der Waals surface area contributed by atoms with E-state index in [4.69, 9.17) is 0 Å². The van der Waals surface area contributed by atoms with E-state index in [0.717, 1.165) is 12.8 Å². The maximum atomic E-state index is 2.57. The van der Waals surface area contributed by atoms with Gasteiger partial charge in [0.15, 0.2) is 11.7 Å². The molecule has 1 aromatic heterocycles. The number of benzene rings is 3. The molecule has 1 aliphatic heterocycles. The van der Waals surface area contributed by atoms with Crippen LogP contribution >= 0.6 is 0 Å². The Bertz CT molecular complexity index is 1300. The Morgan fingerprint density at radius 2 is 1.27 bits per heavy atom. The van der Waals surface area contributed by atoms with Crippen molar-refractivity contribution in [1.82, 2.24) is 0 Å². The van der Waals surface area contributed by atoms with Crippen molar-refractivity contribution in [1.29, 1.82) is 0 Å². The molecule has 1 heteroatoms. The molecule has 2 heterocycles. The van der Waals surface area contributed by atoms with Gasteiger partial charge in [-0.25, -0.2) is 0 Å². The Hall–Kier alpha value is -3.19. The number of pyridine rings is 1. The van der Waals surface area contributed by atoms with Gasteiger partial charge in [-0.1, -0.05) is 80.6 Å². The quantitative estimate of drug-likeness (QED) is 0.287. The minimum atomic E-state index is 0.0367. The smallest absolute Gasteiger partial charge is 0.192 e. The number of rotatable bonds is 4. The first-order valence-corrected chi connectivity index (χ1v) is 12.2. The lowest BCUT2D eigenvalue weighted by atomic mass is 9.60. The van der Waals surface area contributed by atoms with Crippen LogP contribution in [0.15, 0.2) is 91.1 Å². The minimum absolute atomic E-state index is 0.0367. The summed E-state index contributed by atoms with van der Waals surface area (Å²) in [5.74, 6) is 0. The first kappa shape index (κ1) is 21.6. The summed E-state index contributed by atoms with van der Waals surface area (Å²) < 4.78 is 2.57. The van der Waals surface area contributed by atoms with E-state index >= 15 is 0 Å². The van der Waals surface area contributed by atoms with Gasteiger partial charge in [-0.3, -0.25) is 0 Å². The second-order valence-electron chi connectivity index (χ2n) is 9.98. The molecule has 0 amide bonds. The summed E-state index contributed by atoms with van der Waals surface area (Å²) >= 11 is 0. The van der Waals surface area contributed by atoms with Crippen molar-refractivity contribution in [2.45, 2.75) is 58.4 Å². The number of hydrogen-bond donors (Lipinski definition) is 0. The van der Waals surface area contributed by atoms with E-state index in [2.05, 4.69) is 130 Å². The van der Waals surface area contributed by atoms with E-state index in [0.29, 0.717) is 0 Å². The molecule has 0 spiro atoms. The van der Waals surface area contributed by atoms with Crippen LogP contribution in [0.2, 0.25) is 0 Å². The molecule has 0 N–H and O–H groups in total. The number of aromatic nitrogens is 1. The van der Waals surface area contributed by atoms with Crippen molar-refractivity contribution in [3.8, 4) is 33.5 Å². The van der Waals surface area contributed by atoms with Gasteiger partial charge in [-0.2, -0.15) is 4.57 Å². The molecule has 0 aliphatic carbocycles. The normalized spacial score (nSPS) is 21.4. The summed E-state index contributed by atoms with van der Waals surface area (Å²) in [6, 6.07) is 31.3. The first-order valence-electron chi connectivity index (χ1n) is 12.2. The van der Waals surface area contributed by atoms with Gasteiger partial charge in [0.1, 0.15) is 0 Å². The summed E-state index contributed by atoms with van der Waals surface area (Å²) in [6.07, 6.45) is 4.56. The van der Waals surface area contributed by atoms with Crippen LogP contribution in [-0.4, -0.2) is 0 Å². The van der Waals surface area contributed by atoms with Crippen LogP contribution in [0.3, 0.4) is 0 Å². The molecule has 0 fully saturated rings. The fraction of sp³-hybridized carbons (Fsp3) is 0.281. The molecule has 5 rings (SSSR count). The Kier molecular flexibility index (Phi) is 5.24. The van der Waals surface area contributed by atoms with Crippen molar-refractivity contribution in [2.24, 2.45) is 0 Å². The van der Waals surface area contributed by atoms with Gasteiger partial charge in [-0.05, 0) is 60.2 Å². The van der Waals surface area contributed by atoms with Crippen LogP contribution in [0.4, 0.5) is 0 Å². The van der Waals surface area contributed by atoms with Crippen LogP contribution in [0.5, 0.6) is 0 Å². The van der Waals surface area contributed by atoms with Crippen molar-refractivity contribution >= 4 is 0 Å². The molecule has 4 aromatic rings. The highest BCUT2D eigenvalue weighted by Gasteiger charge is 2.56. The third-order valence-corrected chi connectivity index (χ3v) is 8.43. The second-order valence-corrected chi connectivity index (χ2v) is 9.98. The maximum Gasteiger partial charge on any atom is 0.213 e. The molecule has 33 heavy (non-hydrogen) atoms. The lowest BCUT2D eigenvalue weighted by molar-refractivity contribution is -0.765. The van der Waals surface area contributed by atoms with E-state index in [-0.39, 0.29) is 11.0 Å². The summed E-state index contributed by atoms with van der Waals surface area (Å²) in [5, 5.41) is 0. The lowest BCUT2D eigenvalue weighted by Gasteiger charge is -2.46. The predicted octanol–water partition coefficient (Wildman–Crippen LogP) is 8.09. The van der Waals surface area contributed by atoms with Gasteiger partial charge in [0.25, 0.3) is 0 Å². The molecule has 0 saturated carbocycles. The zero-order valence-electron chi connectivity index (χ0n) is 20.5. The Balaban J connectivity index is 1.65. The summed E-state index contributed by atoms with van der Waals surface area (Å²) in [5.41, 5.74) is 10.6. The van der Waals surface area contributed by atoms with Crippen molar-refractivity contribution in [2.75, 3.05) is 0 Å². The fourth-order valence-electron chi connectivity index (χ4n) is 5.83. The highest BCUT2D eigenvalue weighted by Crippen LogP contribution is 2.50. The Labute approximate surface area is 198 Å². The Morgan fingerprint density at radius 1 is 0.667 bits per heavy atom. The van der Waals surface area contributed by atoms with Crippen molar-refractivity contribution in [3.05, 3.63) is 102 Å². The molecule has 0 radical (unpaired) electrons. The molecule has 2 atom stereocenters. The topological polar surface area (TPSA) is 3.88 Å². The molecule has 3 aromatic carbocycles. The van der Waals surface area contributed by atoms with Crippen LogP contribution in [0.25, 0.3) is 33.5 Å². The third kappa shape index (κ3) is 3.25. The number of fused-ring (bicyclic) bond motifs is 3. The average Bonchev–Trinajstić information content (AvgIpc) is 2.87. The molecule has 1 nitrogen and oxygen atoms in total. The largest absolute Gasteiger partial charge is 0.213 e. The minimum Gasteiger partial charge on any atom is -0.192 e. The maximum absolute atomic E-state index is 2.57. The van der Waals surface area contributed by atoms with E-state index in [9.17, 15) is 0 Å². The van der Waals surface area contributed by atoms with Gasteiger partial charge in [-0.15, -0.1) is 0 Å². The molecule has 2 unspecified atom stereocenters. The average molecular weight is 433 g/mol. The van der Waals surface area contributed by atoms with Gasteiger partial charge in [0.05, 0.1) is 11.0 Å². The fourth-order valence-corrected chi connectivity index (χ4v) is 5.83. The number of aryl methyl sites for hydroxylation is 1. The SMILES string of the molecule is CCC1(C)c2ccc(-c3ccc(-c4ccccc4)cc3)cc2-c2ccc(C)c[n+]2C1(C)CC. The molecular weight excluding hydrogens is 398 g/mol. The number of nitrogens with zero attached hydrogens (tertiary/aromatic N) is 1. The zero-order valence-corrected chi connectivity index (χ0v) is 20.5. The van der Waals surface area contributed by atoms with Crippen molar-refractivity contribution < 1.29 is 4.57 Å². The molecule has 0 saturated heterocycles. The molecule has 166 valence electrons. The van der Waals surface area contributed by atoms with E-state index in [1.807, 2.05) is 0 Å². The van der Waals surface area contributed by atoms with Gasteiger partial charge in [0, 0.05) is 25.0 Å². The highest BCUT2D eigenvalue weighted by molar-refractivity contribution is 5.76. The zero-order chi connectivity index (χ0) is 23.2. The van der Waals surface area contributed by atoms with Crippen LogP contribution < -0.4 is 4.57 Å². The van der Waals surface area contributed by atoms with Gasteiger partial charge >= 0.3 is 0 Å². The standard InChI is InChI=1S/C32H34N/c1-6-31(4)29-19-18-27(26-16-14-25(15-17-26)24-11-9-8-10-12-24)21-28(29)30-20-13-23(3)22-33(30)32(31,5)7-2/h8-22H,6-7H2,1-5H3/q+1. The third-order valence-electron chi connectivity index (χ3n) is 8.43. The highest BCUT2D eigenvalue weighted by atomic mass is 15.1. The van der Waals surface area contributed by atoms with Crippen molar-refractivity contribution in [3.63, 3.8) is 0 Å². The Morgan fingerprint density at radius 3 is 1.91 bits per heavy atom. The lowest BCUT2D eigenvalue weighted by Crippen LogP contribution is -2.67. The first-order chi connectivity index (χ1) is 15.9. The molecular formula is C32H34N+. The van der Waals surface area contributed by atoms with Crippen LogP contribution in [0, 0.1) is 6.92 Å². The van der Waals surface area contributed by atoms with Crippen LogP contribution in [0.1, 0.15) is 51.7 Å². The van der Waals surface area contributed by atoms with E-state index in [1.165, 1.54) is 44.6 Å². The van der Waals surface area contributed by atoms with Crippen LogP contribution in [-0.2, 0) is 11.0 Å². The van der Waals surface area contributed by atoms with E-state index < -0.39 is 0 Å². The number of hydrogen-bond acceptors (Lipinski definition) is 0. The summed E-state index contributed by atoms with van der Waals surface area (Å²) in [6.45, 7) is 11.8. The predicted molar refractivity (Wildman–Crippen MR) is 139 cm³/mol. The molecule has 0 bridgehead atoms. The van der Waals surface area contributed by atoms with E-state index in [1.54, 1.807) is 0 Å².